The largest absolute Gasteiger partial charge is 0.388 e. The molecule has 2 aliphatic rings. The van der Waals surface area contributed by atoms with Gasteiger partial charge in [0, 0.05) is 11.8 Å². The highest BCUT2D eigenvalue weighted by atomic mass is 16.3. The van der Waals surface area contributed by atoms with E-state index in [1.807, 2.05) is 16.9 Å². The second-order valence-electron chi connectivity index (χ2n) is 6.90. The molecule has 1 unspecified atom stereocenters. The Hall–Kier alpha value is -1.35. The summed E-state index contributed by atoms with van der Waals surface area (Å²) < 4.78 is 2.05. The average molecular weight is 284 g/mol. The third-order valence-electron chi connectivity index (χ3n) is 5.30. The van der Waals surface area contributed by atoms with Crippen LogP contribution in [0.4, 0.5) is 0 Å². The van der Waals surface area contributed by atoms with E-state index in [2.05, 4.69) is 17.2 Å². The lowest BCUT2D eigenvalue weighted by molar-refractivity contribution is 0.131. The van der Waals surface area contributed by atoms with Crippen LogP contribution in [0.5, 0.6) is 0 Å². The minimum absolute atomic E-state index is 0.330. The van der Waals surface area contributed by atoms with E-state index in [0.29, 0.717) is 11.8 Å². The van der Waals surface area contributed by atoms with Gasteiger partial charge in [-0.05, 0) is 42.7 Å². The van der Waals surface area contributed by atoms with E-state index in [9.17, 15) is 5.11 Å². The standard InChI is InChI=1S/C18H24N2O/c21-17(10-13-4-2-1-3-5-13)18-15(14-6-7-14)8-9-20-12-19-11-16(18)20/h8-9,11-14,17,21H,1-7,10H2. The quantitative estimate of drug-likeness (QED) is 0.913. The van der Waals surface area contributed by atoms with Crippen molar-refractivity contribution in [2.24, 2.45) is 5.92 Å². The number of hydrogen-bond acceptors (Lipinski definition) is 2. The van der Waals surface area contributed by atoms with E-state index in [1.165, 1.54) is 50.5 Å². The van der Waals surface area contributed by atoms with Crippen molar-refractivity contribution in [2.75, 3.05) is 0 Å². The summed E-state index contributed by atoms with van der Waals surface area (Å²) in [5, 5.41) is 10.9. The predicted molar refractivity (Wildman–Crippen MR) is 83.3 cm³/mol. The number of aromatic nitrogens is 2. The normalized spacial score (nSPS) is 21.8. The summed E-state index contributed by atoms with van der Waals surface area (Å²) in [6, 6.07) is 2.20. The van der Waals surface area contributed by atoms with Gasteiger partial charge in [-0.15, -0.1) is 0 Å². The van der Waals surface area contributed by atoms with E-state index >= 15 is 0 Å². The van der Waals surface area contributed by atoms with Crippen molar-refractivity contribution in [1.29, 1.82) is 0 Å². The molecule has 2 saturated carbocycles. The number of fused-ring (bicyclic) bond motifs is 1. The van der Waals surface area contributed by atoms with E-state index < -0.39 is 0 Å². The lowest BCUT2D eigenvalue weighted by Gasteiger charge is -2.25. The molecular weight excluding hydrogens is 260 g/mol. The highest BCUT2D eigenvalue weighted by molar-refractivity contribution is 5.59. The van der Waals surface area contributed by atoms with Crippen LogP contribution in [0.2, 0.25) is 0 Å². The van der Waals surface area contributed by atoms with Gasteiger partial charge in [0.25, 0.3) is 0 Å². The highest BCUT2D eigenvalue weighted by Gasteiger charge is 2.30. The number of imidazole rings is 1. The summed E-state index contributed by atoms with van der Waals surface area (Å²) in [6.45, 7) is 0. The Bertz CT molecular complexity index is 623. The summed E-state index contributed by atoms with van der Waals surface area (Å²) in [7, 11) is 0. The van der Waals surface area contributed by atoms with Crippen LogP contribution < -0.4 is 0 Å². The molecule has 1 atom stereocenters. The lowest BCUT2D eigenvalue weighted by Crippen LogP contribution is -2.13. The Morgan fingerprint density at radius 2 is 2.00 bits per heavy atom. The number of pyridine rings is 1. The molecule has 3 nitrogen and oxygen atoms in total. The zero-order chi connectivity index (χ0) is 14.2. The summed E-state index contributed by atoms with van der Waals surface area (Å²) in [6.07, 6.45) is 15.6. The number of rotatable bonds is 4. The van der Waals surface area contributed by atoms with Gasteiger partial charge < -0.3 is 9.51 Å². The van der Waals surface area contributed by atoms with E-state index in [1.54, 1.807) is 0 Å². The molecule has 2 aromatic rings. The average Bonchev–Trinajstić information content (AvgIpc) is 3.24. The molecule has 21 heavy (non-hydrogen) atoms. The monoisotopic (exact) mass is 284 g/mol. The lowest BCUT2D eigenvalue weighted by atomic mass is 9.83. The molecule has 2 aromatic heterocycles. The molecule has 2 heterocycles. The molecule has 112 valence electrons. The topological polar surface area (TPSA) is 37.5 Å². The summed E-state index contributed by atoms with van der Waals surface area (Å²) in [5.41, 5.74) is 3.62. The van der Waals surface area contributed by atoms with Crippen LogP contribution in [-0.2, 0) is 0 Å². The minimum atomic E-state index is -0.330. The number of nitrogens with zero attached hydrogens (tertiary/aromatic N) is 2. The van der Waals surface area contributed by atoms with Crippen molar-refractivity contribution < 1.29 is 5.11 Å². The second-order valence-corrected chi connectivity index (χ2v) is 6.90. The Morgan fingerprint density at radius 1 is 1.19 bits per heavy atom. The third kappa shape index (κ3) is 2.59. The Balaban J connectivity index is 1.66. The highest BCUT2D eigenvalue weighted by Crippen LogP contribution is 2.45. The first kappa shape index (κ1) is 13.3. The van der Waals surface area contributed by atoms with Crippen molar-refractivity contribution >= 4 is 5.52 Å². The van der Waals surface area contributed by atoms with Crippen LogP contribution in [0.1, 0.15) is 74.5 Å². The summed E-state index contributed by atoms with van der Waals surface area (Å²) in [5.74, 6) is 1.37. The van der Waals surface area contributed by atoms with Gasteiger partial charge in [0.2, 0.25) is 0 Å². The fourth-order valence-corrected chi connectivity index (χ4v) is 4.00. The van der Waals surface area contributed by atoms with Gasteiger partial charge in [-0.3, -0.25) is 0 Å². The zero-order valence-corrected chi connectivity index (χ0v) is 12.5. The minimum Gasteiger partial charge on any atom is -0.388 e. The first-order chi connectivity index (χ1) is 10.3. The van der Waals surface area contributed by atoms with Crippen LogP contribution in [0, 0.1) is 5.92 Å². The summed E-state index contributed by atoms with van der Waals surface area (Å²) >= 11 is 0. The number of aliphatic hydroxyl groups is 1. The zero-order valence-electron chi connectivity index (χ0n) is 12.5. The van der Waals surface area contributed by atoms with Crippen molar-refractivity contribution in [3.8, 4) is 0 Å². The van der Waals surface area contributed by atoms with Crippen LogP contribution >= 0.6 is 0 Å². The number of aliphatic hydroxyl groups excluding tert-OH is 1. The van der Waals surface area contributed by atoms with Crippen LogP contribution in [0.15, 0.2) is 24.8 Å². The Labute approximate surface area is 126 Å². The molecule has 0 aromatic carbocycles. The summed E-state index contributed by atoms with van der Waals surface area (Å²) in [4.78, 5) is 4.26. The molecule has 2 fully saturated rings. The van der Waals surface area contributed by atoms with Gasteiger partial charge in [-0.2, -0.15) is 0 Å². The molecule has 0 aliphatic heterocycles. The SMILES string of the molecule is OC(CC1CCCCC1)c1c(C2CC2)ccn2cncc12. The maximum atomic E-state index is 10.9. The maximum absolute atomic E-state index is 10.9. The molecule has 0 amide bonds. The van der Waals surface area contributed by atoms with E-state index in [4.69, 9.17) is 0 Å². The van der Waals surface area contributed by atoms with E-state index in [0.717, 1.165) is 17.5 Å². The second kappa shape index (κ2) is 5.45. The molecular formula is C18H24N2O. The van der Waals surface area contributed by atoms with Crippen LogP contribution in [0.3, 0.4) is 0 Å². The molecule has 0 bridgehead atoms. The fraction of sp³-hybridized carbons (Fsp3) is 0.611. The van der Waals surface area contributed by atoms with Crippen molar-refractivity contribution in [2.45, 2.75) is 63.4 Å². The fourth-order valence-electron chi connectivity index (χ4n) is 4.00. The third-order valence-corrected chi connectivity index (χ3v) is 5.30. The molecule has 2 aliphatic carbocycles. The van der Waals surface area contributed by atoms with Gasteiger partial charge in [0.15, 0.2) is 0 Å². The van der Waals surface area contributed by atoms with Crippen LogP contribution in [0.25, 0.3) is 5.52 Å². The molecule has 0 saturated heterocycles. The predicted octanol–water partition coefficient (Wildman–Crippen LogP) is 4.22. The smallest absolute Gasteiger partial charge is 0.0992 e. The van der Waals surface area contributed by atoms with Crippen molar-refractivity contribution in [3.05, 3.63) is 35.9 Å². The molecule has 0 spiro atoms. The Kier molecular flexibility index (Phi) is 3.46. The molecule has 1 N–H and O–H groups in total. The van der Waals surface area contributed by atoms with Crippen LogP contribution in [-0.4, -0.2) is 14.5 Å². The van der Waals surface area contributed by atoms with Crippen molar-refractivity contribution in [1.82, 2.24) is 9.38 Å². The molecule has 4 rings (SSSR count). The molecule has 0 radical (unpaired) electrons. The van der Waals surface area contributed by atoms with Gasteiger partial charge in [0.05, 0.1) is 24.1 Å². The van der Waals surface area contributed by atoms with E-state index in [-0.39, 0.29) is 6.10 Å². The van der Waals surface area contributed by atoms with Gasteiger partial charge in [-0.1, -0.05) is 32.1 Å². The van der Waals surface area contributed by atoms with Gasteiger partial charge >= 0.3 is 0 Å². The molecule has 3 heteroatoms. The number of hydrogen-bond donors (Lipinski definition) is 1. The van der Waals surface area contributed by atoms with Gasteiger partial charge in [-0.25, -0.2) is 4.98 Å². The maximum Gasteiger partial charge on any atom is 0.0992 e. The Morgan fingerprint density at radius 3 is 2.76 bits per heavy atom. The first-order valence-electron chi connectivity index (χ1n) is 8.45. The van der Waals surface area contributed by atoms with Gasteiger partial charge in [0.1, 0.15) is 0 Å². The first-order valence-corrected chi connectivity index (χ1v) is 8.45. The van der Waals surface area contributed by atoms with Crippen molar-refractivity contribution in [3.63, 3.8) is 0 Å².